The average Bonchev–Trinajstić information content (AvgIpc) is 2.57. The van der Waals surface area contributed by atoms with Crippen LogP contribution in [0.2, 0.25) is 0 Å². The molecule has 0 saturated heterocycles. The Hall–Kier alpha value is -2.49. The molecule has 4 aromatic carbocycles. The van der Waals surface area contributed by atoms with Crippen molar-refractivity contribution in [3.8, 4) is 11.5 Å². The number of benzene rings is 4. The van der Waals surface area contributed by atoms with Gasteiger partial charge in [-0.15, -0.1) is 0 Å². The van der Waals surface area contributed by atoms with E-state index in [-0.39, 0.29) is 16.8 Å². The standard InChI is InChI=1S/2C10H8O.Co/c2*11-10-7-3-5-8-4-1-2-6-9(8)10;/h2*1-7,11H;. The first-order chi connectivity index (χ1) is 10.8. The van der Waals surface area contributed by atoms with E-state index in [1.807, 2.05) is 72.8 Å². The Balaban J connectivity index is 0.000000160. The molecule has 0 amide bonds. The molecular weight excluding hydrogens is 331 g/mol. The summed E-state index contributed by atoms with van der Waals surface area (Å²) < 4.78 is 0. The zero-order valence-electron chi connectivity index (χ0n) is 12.3. The van der Waals surface area contributed by atoms with E-state index < -0.39 is 0 Å². The normalized spacial score (nSPS) is 9.74. The Morgan fingerprint density at radius 3 is 1.17 bits per heavy atom. The van der Waals surface area contributed by atoms with Crippen LogP contribution in [-0.2, 0) is 16.8 Å². The molecule has 117 valence electrons. The average molecular weight is 347 g/mol. The molecular formula is C20H16CoO2. The van der Waals surface area contributed by atoms with Crippen molar-refractivity contribution in [1.29, 1.82) is 0 Å². The number of aromatic hydroxyl groups is 2. The van der Waals surface area contributed by atoms with E-state index in [1.54, 1.807) is 12.1 Å². The fraction of sp³-hybridized carbons (Fsp3) is 0. The molecule has 0 aliphatic heterocycles. The van der Waals surface area contributed by atoms with Gasteiger partial charge in [0.05, 0.1) is 0 Å². The Kier molecular flexibility index (Phi) is 5.63. The molecule has 0 fully saturated rings. The predicted octanol–water partition coefficient (Wildman–Crippen LogP) is 5.09. The summed E-state index contributed by atoms with van der Waals surface area (Å²) in [5.74, 6) is 0.700. The predicted molar refractivity (Wildman–Crippen MR) is 91.2 cm³/mol. The third-order valence-corrected chi connectivity index (χ3v) is 3.53. The van der Waals surface area contributed by atoms with E-state index in [2.05, 4.69) is 0 Å². The minimum absolute atomic E-state index is 0. The number of phenols is 2. The molecule has 0 aliphatic carbocycles. The van der Waals surface area contributed by atoms with E-state index in [4.69, 9.17) is 0 Å². The summed E-state index contributed by atoms with van der Waals surface area (Å²) in [6.45, 7) is 0. The summed E-state index contributed by atoms with van der Waals surface area (Å²) in [4.78, 5) is 0. The molecule has 0 spiro atoms. The van der Waals surface area contributed by atoms with Crippen LogP contribution in [0.15, 0.2) is 84.9 Å². The second kappa shape index (κ2) is 7.67. The third-order valence-electron chi connectivity index (χ3n) is 3.53. The van der Waals surface area contributed by atoms with Crippen molar-refractivity contribution >= 4 is 21.5 Å². The van der Waals surface area contributed by atoms with Crippen LogP contribution in [0, 0.1) is 0 Å². The van der Waals surface area contributed by atoms with Crippen molar-refractivity contribution < 1.29 is 27.0 Å². The van der Waals surface area contributed by atoms with Gasteiger partial charge in [-0.2, -0.15) is 0 Å². The van der Waals surface area contributed by atoms with Gasteiger partial charge in [-0.25, -0.2) is 0 Å². The molecule has 0 aliphatic rings. The molecule has 0 heterocycles. The molecule has 3 heteroatoms. The molecule has 0 atom stereocenters. The molecule has 2 nitrogen and oxygen atoms in total. The second-order valence-electron chi connectivity index (χ2n) is 5.00. The molecule has 0 bridgehead atoms. The molecule has 0 aromatic heterocycles. The van der Waals surface area contributed by atoms with Crippen LogP contribution in [0.3, 0.4) is 0 Å². The van der Waals surface area contributed by atoms with Gasteiger partial charge in [-0.1, -0.05) is 72.8 Å². The first kappa shape index (κ1) is 16.9. The summed E-state index contributed by atoms with van der Waals surface area (Å²) in [6, 6.07) is 26.6. The van der Waals surface area contributed by atoms with Gasteiger partial charge in [0.1, 0.15) is 11.5 Å². The topological polar surface area (TPSA) is 40.5 Å². The van der Waals surface area contributed by atoms with Crippen LogP contribution < -0.4 is 0 Å². The Morgan fingerprint density at radius 2 is 0.783 bits per heavy atom. The molecule has 0 unspecified atom stereocenters. The van der Waals surface area contributed by atoms with Gasteiger partial charge in [0.25, 0.3) is 0 Å². The summed E-state index contributed by atoms with van der Waals surface area (Å²) >= 11 is 0. The molecule has 0 saturated carbocycles. The van der Waals surface area contributed by atoms with Gasteiger partial charge in [-0.05, 0) is 22.9 Å². The first-order valence-corrected chi connectivity index (χ1v) is 7.09. The van der Waals surface area contributed by atoms with Gasteiger partial charge < -0.3 is 10.2 Å². The smallest absolute Gasteiger partial charge is 0.123 e. The van der Waals surface area contributed by atoms with Crippen LogP contribution in [0.4, 0.5) is 0 Å². The third kappa shape index (κ3) is 3.83. The fourth-order valence-electron chi connectivity index (χ4n) is 2.42. The fourth-order valence-corrected chi connectivity index (χ4v) is 2.42. The van der Waals surface area contributed by atoms with Crippen molar-refractivity contribution in [2.45, 2.75) is 0 Å². The summed E-state index contributed by atoms with van der Waals surface area (Å²) in [5.41, 5.74) is 0. The molecule has 4 aromatic rings. The van der Waals surface area contributed by atoms with E-state index >= 15 is 0 Å². The maximum atomic E-state index is 9.37. The van der Waals surface area contributed by atoms with Crippen molar-refractivity contribution in [3.05, 3.63) is 84.9 Å². The van der Waals surface area contributed by atoms with E-state index in [9.17, 15) is 10.2 Å². The van der Waals surface area contributed by atoms with Crippen molar-refractivity contribution in [2.75, 3.05) is 0 Å². The van der Waals surface area contributed by atoms with E-state index in [1.165, 1.54) is 0 Å². The Morgan fingerprint density at radius 1 is 0.435 bits per heavy atom. The number of hydrogen-bond acceptors (Lipinski definition) is 2. The molecule has 1 radical (unpaired) electrons. The van der Waals surface area contributed by atoms with Crippen molar-refractivity contribution in [1.82, 2.24) is 0 Å². The monoisotopic (exact) mass is 347 g/mol. The quantitative estimate of drug-likeness (QED) is 0.465. The zero-order valence-corrected chi connectivity index (χ0v) is 13.4. The SMILES string of the molecule is Oc1cccc2ccccc12.Oc1cccc2ccccc12.[Co]. The summed E-state index contributed by atoms with van der Waals surface area (Å²) in [7, 11) is 0. The van der Waals surface area contributed by atoms with E-state index in [0.29, 0.717) is 11.5 Å². The number of rotatable bonds is 0. The number of phenolic OH excluding ortho intramolecular Hbond substituents is 2. The van der Waals surface area contributed by atoms with Gasteiger partial charge in [-0.3, -0.25) is 0 Å². The van der Waals surface area contributed by atoms with Gasteiger partial charge in [0.15, 0.2) is 0 Å². The molecule has 4 rings (SSSR count). The minimum Gasteiger partial charge on any atom is -0.507 e. The second-order valence-corrected chi connectivity index (χ2v) is 5.00. The largest absolute Gasteiger partial charge is 0.507 e. The van der Waals surface area contributed by atoms with Gasteiger partial charge >= 0.3 is 0 Å². The van der Waals surface area contributed by atoms with Crippen LogP contribution in [0.5, 0.6) is 11.5 Å². The van der Waals surface area contributed by atoms with E-state index in [0.717, 1.165) is 21.5 Å². The minimum atomic E-state index is 0. The molecule has 2 N–H and O–H groups in total. The Labute approximate surface area is 145 Å². The first-order valence-electron chi connectivity index (χ1n) is 7.09. The number of fused-ring (bicyclic) bond motifs is 2. The van der Waals surface area contributed by atoms with Crippen molar-refractivity contribution in [3.63, 3.8) is 0 Å². The van der Waals surface area contributed by atoms with Crippen LogP contribution in [-0.4, -0.2) is 10.2 Å². The maximum absolute atomic E-state index is 9.37. The summed E-state index contributed by atoms with van der Waals surface area (Å²) in [5, 5.41) is 22.7. The van der Waals surface area contributed by atoms with Crippen LogP contribution >= 0.6 is 0 Å². The van der Waals surface area contributed by atoms with Gasteiger partial charge in [0.2, 0.25) is 0 Å². The zero-order chi connectivity index (χ0) is 15.4. The number of hydrogen-bond donors (Lipinski definition) is 2. The van der Waals surface area contributed by atoms with Crippen molar-refractivity contribution in [2.24, 2.45) is 0 Å². The summed E-state index contributed by atoms with van der Waals surface area (Å²) in [6.07, 6.45) is 0. The Bertz CT molecular complexity index is 831. The van der Waals surface area contributed by atoms with Crippen LogP contribution in [0.1, 0.15) is 0 Å². The molecule has 23 heavy (non-hydrogen) atoms. The van der Waals surface area contributed by atoms with Crippen LogP contribution in [0.25, 0.3) is 21.5 Å². The van der Waals surface area contributed by atoms with Gasteiger partial charge in [0, 0.05) is 27.6 Å². The maximum Gasteiger partial charge on any atom is 0.123 e.